The number of hydrogen-bond donors (Lipinski definition) is 2. The molecule has 0 unspecified atom stereocenters. The second kappa shape index (κ2) is 9.00. The fourth-order valence-corrected chi connectivity index (χ4v) is 3.21. The first-order valence-corrected chi connectivity index (χ1v) is 8.92. The minimum atomic E-state index is -0.371. The molecular weight excluding hydrogens is 326 g/mol. The van der Waals surface area contributed by atoms with Crippen LogP contribution in [0.25, 0.3) is 0 Å². The van der Waals surface area contributed by atoms with Crippen LogP contribution in [0.3, 0.4) is 0 Å². The fourth-order valence-electron chi connectivity index (χ4n) is 3.21. The zero-order valence-corrected chi connectivity index (χ0v) is 15.6. The average Bonchev–Trinajstić information content (AvgIpc) is 2.63. The summed E-state index contributed by atoms with van der Waals surface area (Å²) in [5.41, 5.74) is 3.23. The highest BCUT2D eigenvalue weighted by atomic mass is 16.1. The number of amides is 1. The molecule has 26 heavy (non-hydrogen) atoms. The van der Waals surface area contributed by atoms with Crippen molar-refractivity contribution in [1.29, 1.82) is 5.26 Å². The molecule has 1 aromatic heterocycles. The molecule has 136 valence electrons. The lowest BCUT2D eigenvalue weighted by Gasteiger charge is -2.16. The van der Waals surface area contributed by atoms with Crippen molar-refractivity contribution in [1.82, 2.24) is 10.3 Å². The number of benzene rings is 1. The third kappa shape index (κ3) is 4.60. The number of aromatic nitrogens is 1. The van der Waals surface area contributed by atoms with Gasteiger partial charge >= 0.3 is 0 Å². The molecule has 0 saturated heterocycles. The van der Waals surface area contributed by atoms with Crippen LogP contribution >= 0.6 is 0 Å². The summed E-state index contributed by atoms with van der Waals surface area (Å²) in [6, 6.07) is 12.1. The molecule has 0 radical (unpaired) electrons. The molecular formula is C21H25N3O2. The molecule has 0 saturated carbocycles. The Hall–Kier alpha value is -2.87. The van der Waals surface area contributed by atoms with Gasteiger partial charge in [-0.15, -0.1) is 0 Å². The molecule has 1 heterocycles. The lowest BCUT2D eigenvalue weighted by Crippen LogP contribution is -2.28. The monoisotopic (exact) mass is 351 g/mol. The van der Waals surface area contributed by atoms with Crippen LogP contribution in [0.5, 0.6) is 0 Å². The topological polar surface area (TPSA) is 85.8 Å². The molecule has 1 amide bonds. The Morgan fingerprint density at radius 2 is 1.96 bits per heavy atom. The van der Waals surface area contributed by atoms with Gasteiger partial charge in [0.05, 0.1) is 0 Å². The van der Waals surface area contributed by atoms with Crippen LogP contribution < -0.4 is 10.9 Å². The molecule has 0 spiro atoms. The van der Waals surface area contributed by atoms with E-state index in [4.69, 9.17) is 5.26 Å². The van der Waals surface area contributed by atoms with Gasteiger partial charge in [0.1, 0.15) is 11.6 Å². The first-order chi connectivity index (χ1) is 12.5. The fraction of sp³-hybridized carbons (Fsp3) is 0.381. The summed E-state index contributed by atoms with van der Waals surface area (Å²) in [6.45, 7) is 6.27. The van der Waals surface area contributed by atoms with E-state index in [1.54, 1.807) is 13.8 Å². The molecule has 0 aliphatic heterocycles. The van der Waals surface area contributed by atoms with Crippen molar-refractivity contribution in [3.8, 4) is 6.07 Å². The van der Waals surface area contributed by atoms with Crippen molar-refractivity contribution < 1.29 is 4.79 Å². The van der Waals surface area contributed by atoms with Crippen molar-refractivity contribution in [2.24, 2.45) is 0 Å². The van der Waals surface area contributed by atoms with Gasteiger partial charge < -0.3 is 10.3 Å². The number of carbonyl (C=O) groups is 1. The Balaban J connectivity index is 1.97. The van der Waals surface area contributed by atoms with Gasteiger partial charge in [-0.3, -0.25) is 9.59 Å². The van der Waals surface area contributed by atoms with E-state index in [1.807, 2.05) is 24.3 Å². The van der Waals surface area contributed by atoms with E-state index in [9.17, 15) is 9.59 Å². The predicted molar refractivity (Wildman–Crippen MR) is 102 cm³/mol. The maximum Gasteiger partial charge on any atom is 0.266 e. The number of aromatic amines is 1. The second-order valence-corrected chi connectivity index (χ2v) is 6.49. The normalized spacial score (nSPS) is 11.6. The number of carbonyl (C=O) groups excluding carboxylic acids is 1. The maximum atomic E-state index is 12.3. The molecule has 2 N–H and O–H groups in total. The highest BCUT2D eigenvalue weighted by Crippen LogP contribution is 2.18. The summed E-state index contributed by atoms with van der Waals surface area (Å²) in [6.07, 6.45) is 1.77. The van der Waals surface area contributed by atoms with E-state index in [-0.39, 0.29) is 17.0 Å². The third-order valence-electron chi connectivity index (χ3n) is 4.83. The smallest absolute Gasteiger partial charge is 0.266 e. The lowest BCUT2D eigenvalue weighted by atomic mass is 9.96. The standard InChI is InChI=1S/C21H25N3O2/c1-4-16(17-8-6-5-7-9-17)13-23-20(25)11-10-18-14(2)19(12-22)21(26)24-15(18)3/h5-9,16H,4,10-11,13H2,1-3H3,(H,23,25)(H,24,26)/t16-/m1/s1. The highest BCUT2D eigenvalue weighted by Gasteiger charge is 2.14. The Morgan fingerprint density at radius 1 is 1.27 bits per heavy atom. The van der Waals surface area contributed by atoms with E-state index in [0.29, 0.717) is 30.9 Å². The molecule has 1 aromatic carbocycles. The van der Waals surface area contributed by atoms with Crippen LogP contribution in [-0.4, -0.2) is 17.4 Å². The van der Waals surface area contributed by atoms with E-state index >= 15 is 0 Å². The number of hydrogen-bond acceptors (Lipinski definition) is 3. The van der Waals surface area contributed by atoms with Crippen molar-refractivity contribution in [3.63, 3.8) is 0 Å². The van der Waals surface area contributed by atoms with Gasteiger partial charge in [0.15, 0.2) is 0 Å². The first-order valence-electron chi connectivity index (χ1n) is 8.92. The maximum absolute atomic E-state index is 12.3. The van der Waals surface area contributed by atoms with E-state index in [2.05, 4.69) is 29.4 Å². The summed E-state index contributed by atoms with van der Waals surface area (Å²) >= 11 is 0. The van der Waals surface area contributed by atoms with Gasteiger partial charge in [-0.1, -0.05) is 37.3 Å². The second-order valence-electron chi connectivity index (χ2n) is 6.49. The number of pyridine rings is 1. The third-order valence-corrected chi connectivity index (χ3v) is 4.83. The van der Waals surface area contributed by atoms with Crippen LogP contribution in [0.15, 0.2) is 35.1 Å². The molecule has 0 fully saturated rings. The Kier molecular flexibility index (Phi) is 6.74. The van der Waals surface area contributed by atoms with E-state index in [1.165, 1.54) is 5.56 Å². The van der Waals surface area contributed by atoms with Gasteiger partial charge in [0.25, 0.3) is 5.56 Å². The minimum Gasteiger partial charge on any atom is -0.355 e. The molecule has 0 aliphatic rings. The Bertz CT molecular complexity index is 863. The van der Waals surface area contributed by atoms with Gasteiger partial charge in [-0.25, -0.2) is 0 Å². The number of nitrogens with zero attached hydrogens (tertiary/aromatic N) is 1. The Labute approximate surface area is 154 Å². The highest BCUT2D eigenvalue weighted by molar-refractivity contribution is 5.76. The molecule has 1 atom stereocenters. The quantitative estimate of drug-likeness (QED) is 0.804. The predicted octanol–water partition coefficient (Wildman–Crippen LogP) is 3.11. The van der Waals surface area contributed by atoms with Crippen LogP contribution in [0.1, 0.15) is 53.6 Å². The van der Waals surface area contributed by atoms with Gasteiger partial charge in [-0.2, -0.15) is 5.26 Å². The number of aryl methyl sites for hydroxylation is 1. The minimum absolute atomic E-state index is 0.0251. The van der Waals surface area contributed by atoms with Crippen LogP contribution in [0, 0.1) is 25.2 Å². The SMILES string of the molecule is CC[C@H](CNC(=O)CCc1c(C)[nH]c(=O)c(C#N)c1C)c1ccccc1. The van der Waals surface area contributed by atoms with Crippen molar-refractivity contribution >= 4 is 5.91 Å². The summed E-state index contributed by atoms with van der Waals surface area (Å²) in [4.78, 5) is 26.7. The van der Waals surface area contributed by atoms with Crippen molar-refractivity contribution in [2.45, 2.75) is 46.0 Å². The number of nitrogens with one attached hydrogen (secondary N) is 2. The zero-order valence-electron chi connectivity index (χ0n) is 15.6. The van der Waals surface area contributed by atoms with Crippen molar-refractivity contribution in [3.05, 3.63) is 68.6 Å². The molecule has 0 bridgehead atoms. The average molecular weight is 351 g/mol. The summed E-state index contributed by atoms with van der Waals surface area (Å²) in [5, 5.41) is 12.1. The first kappa shape index (κ1) is 19.5. The molecule has 0 aliphatic carbocycles. The number of H-pyrrole nitrogens is 1. The van der Waals surface area contributed by atoms with Crippen LogP contribution in [-0.2, 0) is 11.2 Å². The molecule has 5 nitrogen and oxygen atoms in total. The molecule has 5 heteroatoms. The summed E-state index contributed by atoms with van der Waals surface area (Å²) < 4.78 is 0. The summed E-state index contributed by atoms with van der Waals surface area (Å²) in [7, 11) is 0. The van der Waals surface area contributed by atoms with Crippen molar-refractivity contribution in [2.75, 3.05) is 6.54 Å². The Morgan fingerprint density at radius 3 is 2.58 bits per heavy atom. The number of rotatable bonds is 7. The van der Waals surface area contributed by atoms with Crippen LogP contribution in [0.2, 0.25) is 0 Å². The summed E-state index contributed by atoms with van der Waals surface area (Å²) in [5.74, 6) is 0.268. The van der Waals surface area contributed by atoms with Gasteiger partial charge in [0.2, 0.25) is 5.91 Å². The lowest BCUT2D eigenvalue weighted by molar-refractivity contribution is -0.121. The van der Waals surface area contributed by atoms with E-state index < -0.39 is 0 Å². The van der Waals surface area contributed by atoms with Gasteiger partial charge in [-0.05, 0) is 43.4 Å². The van der Waals surface area contributed by atoms with Gasteiger partial charge in [0, 0.05) is 24.6 Å². The zero-order chi connectivity index (χ0) is 19.1. The largest absolute Gasteiger partial charge is 0.355 e. The molecule has 2 rings (SSSR count). The van der Waals surface area contributed by atoms with E-state index in [0.717, 1.165) is 17.7 Å². The molecule has 2 aromatic rings. The van der Waals surface area contributed by atoms with Crippen LogP contribution in [0.4, 0.5) is 0 Å². The number of nitriles is 1.